The molecule has 1 spiro atoms. The summed E-state index contributed by atoms with van der Waals surface area (Å²) in [6.45, 7) is 2.11. The molecule has 4 nitrogen and oxygen atoms in total. The Bertz CT molecular complexity index is 499. The molecule has 1 aliphatic carbocycles. The molecule has 1 aliphatic heterocycles. The minimum absolute atomic E-state index is 0.292. The molecule has 0 aromatic carbocycles. The number of esters is 1. The van der Waals surface area contributed by atoms with Gasteiger partial charge in [0, 0.05) is 19.3 Å². The molecule has 2 heterocycles. The lowest BCUT2D eigenvalue weighted by atomic mass is 9.68. The molecule has 0 amide bonds. The van der Waals surface area contributed by atoms with Gasteiger partial charge in [-0.15, -0.1) is 0 Å². The summed E-state index contributed by atoms with van der Waals surface area (Å²) in [7, 11) is 1.41. The van der Waals surface area contributed by atoms with E-state index < -0.39 is 0 Å². The first-order chi connectivity index (χ1) is 10.2. The SMILES string of the molecule is COC(=O)c1ccnc(N2CCC3(CCCCC3)CC2)c1. The lowest BCUT2D eigenvalue weighted by molar-refractivity contribution is 0.0600. The van der Waals surface area contributed by atoms with Gasteiger partial charge in [0.15, 0.2) is 0 Å². The third kappa shape index (κ3) is 3.04. The molecule has 0 N–H and O–H groups in total. The number of piperidine rings is 1. The number of nitrogens with zero attached hydrogens (tertiary/aromatic N) is 2. The van der Waals surface area contributed by atoms with Crippen molar-refractivity contribution in [2.75, 3.05) is 25.1 Å². The normalized spacial score (nSPS) is 21.3. The zero-order valence-corrected chi connectivity index (χ0v) is 12.8. The first-order valence-electron chi connectivity index (χ1n) is 8.02. The van der Waals surface area contributed by atoms with Crippen LogP contribution in [0.3, 0.4) is 0 Å². The number of hydrogen-bond acceptors (Lipinski definition) is 4. The Labute approximate surface area is 126 Å². The van der Waals surface area contributed by atoms with Crippen molar-refractivity contribution in [1.29, 1.82) is 0 Å². The van der Waals surface area contributed by atoms with Crippen molar-refractivity contribution in [3.8, 4) is 0 Å². The van der Waals surface area contributed by atoms with Crippen LogP contribution in [0.15, 0.2) is 18.3 Å². The molecule has 1 aromatic heterocycles. The first-order valence-corrected chi connectivity index (χ1v) is 8.02. The van der Waals surface area contributed by atoms with E-state index in [-0.39, 0.29) is 5.97 Å². The molecule has 0 atom stereocenters. The topological polar surface area (TPSA) is 42.4 Å². The van der Waals surface area contributed by atoms with Crippen LogP contribution in [-0.4, -0.2) is 31.2 Å². The Morgan fingerprint density at radius 2 is 1.90 bits per heavy atom. The van der Waals surface area contributed by atoms with E-state index >= 15 is 0 Å². The van der Waals surface area contributed by atoms with E-state index in [0.717, 1.165) is 18.9 Å². The molecule has 1 saturated heterocycles. The van der Waals surface area contributed by atoms with Crippen molar-refractivity contribution >= 4 is 11.8 Å². The summed E-state index contributed by atoms with van der Waals surface area (Å²) in [5.41, 5.74) is 1.18. The van der Waals surface area contributed by atoms with E-state index in [2.05, 4.69) is 9.88 Å². The highest BCUT2D eigenvalue weighted by molar-refractivity contribution is 5.90. The number of methoxy groups -OCH3 is 1. The van der Waals surface area contributed by atoms with Gasteiger partial charge in [0.2, 0.25) is 0 Å². The Kier molecular flexibility index (Phi) is 4.13. The number of hydrogen-bond donors (Lipinski definition) is 0. The lowest BCUT2D eigenvalue weighted by Crippen LogP contribution is -2.41. The standard InChI is InChI=1S/C17H24N2O2/c1-21-16(20)14-5-10-18-15(13-14)19-11-8-17(9-12-19)6-3-2-4-7-17/h5,10,13H,2-4,6-9,11-12H2,1H3. The highest BCUT2D eigenvalue weighted by atomic mass is 16.5. The van der Waals surface area contributed by atoms with E-state index in [4.69, 9.17) is 4.74 Å². The third-order valence-electron chi connectivity index (χ3n) is 5.23. The van der Waals surface area contributed by atoms with Crippen LogP contribution in [0.25, 0.3) is 0 Å². The monoisotopic (exact) mass is 288 g/mol. The maximum absolute atomic E-state index is 11.6. The van der Waals surface area contributed by atoms with Crippen molar-refractivity contribution < 1.29 is 9.53 Å². The van der Waals surface area contributed by atoms with Gasteiger partial charge >= 0.3 is 5.97 Å². The summed E-state index contributed by atoms with van der Waals surface area (Å²) in [6, 6.07) is 3.56. The van der Waals surface area contributed by atoms with Gasteiger partial charge in [-0.25, -0.2) is 9.78 Å². The second kappa shape index (κ2) is 6.04. The highest BCUT2D eigenvalue weighted by Crippen LogP contribution is 2.44. The summed E-state index contributed by atoms with van der Waals surface area (Å²) in [6.07, 6.45) is 11.2. The van der Waals surface area contributed by atoms with E-state index in [1.54, 1.807) is 12.3 Å². The quantitative estimate of drug-likeness (QED) is 0.782. The van der Waals surface area contributed by atoms with E-state index in [1.807, 2.05) is 6.07 Å². The van der Waals surface area contributed by atoms with Gasteiger partial charge in [-0.1, -0.05) is 19.3 Å². The van der Waals surface area contributed by atoms with Crippen molar-refractivity contribution in [1.82, 2.24) is 4.98 Å². The number of ether oxygens (including phenoxy) is 1. The summed E-state index contributed by atoms with van der Waals surface area (Å²) in [5, 5.41) is 0. The van der Waals surface area contributed by atoms with Gasteiger partial charge in [0.05, 0.1) is 12.7 Å². The van der Waals surface area contributed by atoms with Gasteiger partial charge in [0.25, 0.3) is 0 Å². The molecule has 2 fully saturated rings. The number of rotatable bonds is 2. The Morgan fingerprint density at radius 1 is 1.19 bits per heavy atom. The maximum Gasteiger partial charge on any atom is 0.338 e. The largest absolute Gasteiger partial charge is 0.465 e. The Hall–Kier alpha value is -1.58. The maximum atomic E-state index is 11.6. The average Bonchev–Trinajstić information content (AvgIpc) is 2.56. The molecule has 4 heteroatoms. The van der Waals surface area contributed by atoms with E-state index in [1.165, 1.54) is 52.1 Å². The molecular weight excluding hydrogens is 264 g/mol. The zero-order chi connectivity index (χ0) is 14.7. The van der Waals surface area contributed by atoms with Gasteiger partial charge in [-0.3, -0.25) is 0 Å². The van der Waals surface area contributed by atoms with Crippen LogP contribution in [0.1, 0.15) is 55.3 Å². The van der Waals surface area contributed by atoms with E-state index in [9.17, 15) is 4.79 Å². The molecule has 3 rings (SSSR count). The number of carbonyl (C=O) groups is 1. The second-order valence-corrected chi connectivity index (χ2v) is 6.44. The van der Waals surface area contributed by atoms with Gasteiger partial charge < -0.3 is 9.64 Å². The minimum atomic E-state index is -0.292. The van der Waals surface area contributed by atoms with Crippen molar-refractivity contribution in [3.05, 3.63) is 23.9 Å². The van der Waals surface area contributed by atoms with Crippen molar-refractivity contribution in [2.45, 2.75) is 44.9 Å². The number of aromatic nitrogens is 1. The Morgan fingerprint density at radius 3 is 2.57 bits per heavy atom. The van der Waals surface area contributed by atoms with Gasteiger partial charge in [0.1, 0.15) is 5.82 Å². The second-order valence-electron chi connectivity index (χ2n) is 6.44. The predicted octanol–water partition coefficient (Wildman–Crippen LogP) is 3.42. The highest BCUT2D eigenvalue weighted by Gasteiger charge is 2.35. The lowest BCUT2D eigenvalue weighted by Gasteiger charge is -2.44. The van der Waals surface area contributed by atoms with E-state index in [0.29, 0.717) is 11.0 Å². The van der Waals surface area contributed by atoms with Crippen LogP contribution in [0.2, 0.25) is 0 Å². The van der Waals surface area contributed by atoms with Crippen molar-refractivity contribution in [3.63, 3.8) is 0 Å². The summed E-state index contributed by atoms with van der Waals surface area (Å²) in [4.78, 5) is 18.4. The molecule has 1 aromatic rings. The molecule has 0 bridgehead atoms. The van der Waals surface area contributed by atoms with Crippen LogP contribution in [-0.2, 0) is 4.74 Å². The first kappa shape index (κ1) is 14.4. The molecule has 2 aliphatic rings. The molecule has 0 radical (unpaired) electrons. The summed E-state index contributed by atoms with van der Waals surface area (Å²) in [5.74, 6) is 0.614. The molecule has 114 valence electrons. The Balaban J connectivity index is 1.68. The predicted molar refractivity (Wildman–Crippen MR) is 82.5 cm³/mol. The molecular formula is C17H24N2O2. The van der Waals surface area contributed by atoms with Crippen LogP contribution in [0, 0.1) is 5.41 Å². The average molecular weight is 288 g/mol. The fourth-order valence-electron chi connectivity index (χ4n) is 3.85. The number of carbonyl (C=O) groups excluding carboxylic acids is 1. The third-order valence-corrected chi connectivity index (χ3v) is 5.23. The number of anilines is 1. The summed E-state index contributed by atoms with van der Waals surface area (Å²) >= 11 is 0. The van der Waals surface area contributed by atoms with Crippen LogP contribution < -0.4 is 4.90 Å². The molecule has 0 unspecified atom stereocenters. The number of pyridine rings is 1. The van der Waals surface area contributed by atoms with Crippen LogP contribution in [0.4, 0.5) is 5.82 Å². The fourth-order valence-corrected chi connectivity index (χ4v) is 3.85. The van der Waals surface area contributed by atoms with Crippen molar-refractivity contribution in [2.24, 2.45) is 5.41 Å². The van der Waals surface area contributed by atoms with Gasteiger partial charge in [-0.2, -0.15) is 0 Å². The van der Waals surface area contributed by atoms with Gasteiger partial charge in [-0.05, 0) is 43.2 Å². The minimum Gasteiger partial charge on any atom is -0.465 e. The zero-order valence-electron chi connectivity index (χ0n) is 12.8. The summed E-state index contributed by atoms with van der Waals surface area (Å²) < 4.78 is 4.78. The molecule has 21 heavy (non-hydrogen) atoms. The van der Waals surface area contributed by atoms with Crippen LogP contribution >= 0.6 is 0 Å². The fraction of sp³-hybridized carbons (Fsp3) is 0.647. The van der Waals surface area contributed by atoms with Crippen LogP contribution in [0.5, 0.6) is 0 Å². The smallest absolute Gasteiger partial charge is 0.338 e. The molecule has 1 saturated carbocycles.